The van der Waals surface area contributed by atoms with Gasteiger partial charge in [0.15, 0.2) is 0 Å². The number of aliphatic hydroxyl groups excluding tert-OH is 1. The highest BCUT2D eigenvalue weighted by Crippen LogP contribution is 2.31. The minimum atomic E-state index is -1.53. The Bertz CT molecular complexity index is 959. The molecule has 9 nitrogen and oxygen atoms in total. The first-order chi connectivity index (χ1) is 13.3. The molecule has 1 aromatic carbocycles. The zero-order valence-electron chi connectivity index (χ0n) is 15.0. The number of rotatable bonds is 5. The lowest BCUT2D eigenvalue weighted by atomic mass is 9.94. The fourth-order valence-corrected chi connectivity index (χ4v) is 3.55. The van der Waals surface area contributed by atoms with Gasteiger partial charge in [0, 0.05) is 30.9 Å². The Morgan fingerprint density at radius 1 is 1.07 bits per heavy atom. The van der Waals surface area contributed by atoms with Crippen molar-refractivity contribution in [2.45, 2.75) is 12.8 Å². The number of pyridine rings is 1. The maximum absolute atomic E-state index is 12.1. The van der Waals surface area contributed by atoms with E-state index < -0.39 is 34.4 Å². The lowest BCUT2D eigenvalue weighted by molar-refractivity contribution is 0.0695. The number of aromatic nitrogens is 1. The van der Waals surface area contributed by atoms with Crippen LogP contribution in [0.3, 0.4) is 0 Å². The molecule has 0 amide bonds. The molecule has 1 aromatic heterocycles. The predicted octanol–water partition coefficient (Wildman–Crippen LogP) is 1.23. The molecule has 1 aliphatic heterocycles. The van der Waals surface area contributed by atoms with Crippen molar-refractivity contribution in [3.05, 3.63) is 45.7 Å². The Hall–Kier alpha value is -3.33. The number of carboxylic acids is 2. The smallest absolute Gasteiger partial charge is 0.342 e. The maximum Gasteiger partial charge on any atom is 0.342 e. The number of hydrogen-bond acceptors (Lipinski definition) is 6. The number of carboxylic acid groups (broad SMARTS) is 2. The molecular formula is C19H21N3O6. The van der Waals surface area contributed by atoms with Gasteiger partial charge in [-0.2, -0.15) is 0 Å². The van der Waals surface area contributed by atoms with E-state index in [2.05, 4.69) is 9.88 Å². The molecule has 1 saturated heterocycles. The third-order valence-corrected chi connectivity index (χ3v) is 5.07. The number of nitrogens with zero attached hydrogens (tertiary/aromatic N) is 1. The average molecular weight is 387 g/mol. The van der Waals surface area contributed by atoms with Gasteiger partial charge in [-0.25, -0.2) is 9.59 Å². The van der Waals surface area contributed by atoms with Crippen molar-refractivity contribution in [1.29, 1.82) is 0 Å². The monoisotopic (exact) mass is 387 g/mol. The van der Waals surface area contributed by atoms with Gasteiger partial charge in [-0.05, 0) is 36.5 Å². The van der Waals surface area contributed by atoms with Crippen molar-refractivity contribution in [2.75, 3.05) is 30.3 Å². The molecule has 0 spiro atoms. The van der Waals surface area contributed by atoms with Crippen LogP contribution in [0.4, 0.5) is 11.5 Å². The summed E-state index contributed by atoms with van der Waals surface area (Å²) >= 11 is 0. The number of nitrogens with one attached hydrogen (secondary N) is 1. The van der Waals surface area contributed by atoms with Crippen molar-refractivity contribution < 1.29 is 24.9 Å². The minimum Gasteiger partial charge on any atom is -0.478 e. The molecule has 6 N–H and O–H groups in total. The van der Waals surface area contributed by atoms with E-state index in [-0.39, 0.29) is 17.7 Å². The van der Waals surface area contributed by atoms with E-state index in [1.807, 2.05) is 0 Å². The highest BCUT2D eigenvalue weighted by Gasteiger charge is 2.26. The van der Waals surface area contributed by atoms with Crippen LogP contribution in [0.25, 0.3) is 11.1 Å². The van der Waals surface area contributed by atoms with E-state index >= 15 is 0 Å². The van der Waals surface area contributed by atoms with Crippen molar-refractivity contribution >= 4 is 23.4 Å². The van der Waals surface area contributed by atoms with Crippen LogP contribution < -0.4 is 16.2 Å². The van der Waals surface area contributed by atoms with Crippen molar-refractivity contribution in [3.63, 3.8) is 0 Å². The average Bonchev–Trinajstić information content (AvgIpc) is 2.67. The van der Waals surface area contributed by atoms with Gasteiger partial charge in [0.05, 0.1) is 0 Å². The lowest BCUT2D eigenvalue weighted by Crippen LogP contribution is -2.34. The number of aromatic amines is 1. The number of carbonyl (C=O) groups is 2. The Morgan fingerprint density at radius 2 is 1.64 bits per heavy atom. The van der Waals surface area contributed by atoms with Gasteiger partial charge < -0.3 is 30.9 Å². The van der Waals surface area contributed by atoms with Gasteiger partial charge in [0.2, 0.25) is 0 Å². The number of benzene rings is 1. The highest BCUT2D eigenvalue weighted by atomic mass is 16.4. The van der Waals surface area contributed by atoms with Crippen LogP contribution in [0.5, 0.6) is 0 Å². The molecule has 3 rings (SSSR count). The molecule has 148 valence electrons. The third kappa shape index (κ3) is 3.56. The molecule has 2 heterocycles. The summed E-state index contributed by atoms with van der Waals surface area (Å²) in [6, 6.07) is 6.67. The Morgan fingerprint density at radius 3 is 2.14 bits per heavy atom. The molecule has 0 radical (unpaired) electrons. The first-order valence-electron chi connectivity index (χ1n) is 8.82. The second kappa shape index (κ2) is 7.73. The SMILES string of the molecule is Nc1[nH]c(=O)c(C(=O)O)c(-c2ccc(N3CCC(CO)CC3)cc2)c1C(=O)O. The molecule has 1 fully saturated rings. The summed E-state index contributed by atoms with van der Waals surface area (Å²) < 4.78 is 0. The molecular weight excluding hydrogens is 366 g/mol. The summed E-state index contributed by atoms with van der Waals surface area (Å²) in [6.07, 6.45) is 1.74. The minimum absolute atomic E-state index is 0.173. The van der Waals surface area contributed by atoms with Gasteiger partial charge in [-0.3, -0.25) is 4.79 Å². The third-order valence-electron chi connectivity index (χ3n) is 5.07. The second-order valence-corrected chi connectivity index (χ2v) is 6.76. The number of nitrogen functional groups attached to an aromatic ring is 1. The highest BCUT2D eigenvalue weighted by molar-refractivity contribution is 6.07. The van der Waals surface area contributed by atoms with Crippen molar-refractivity contribution in [3.8, 4) is 11.1 Å². The summed E-state index contributed by atoms with van der Waals surface area (Å²) in [7, 11) is 0. The number of anilines is 2. The maximum atomic E-state index is 12.1. The normalized spacial score (nSPS) is 14.8. The number of aromatic carboxylic acids is 2. The molecule has 0 saturated carbocycles. The molecule has 2 aromatic rings. The van der Waals surface area contributed by atoms with Gasteiger partial charge in [0.1, 0.15) is 16.9 Å². The fraction of sp³-hybridized carbons (Fsp3) is 0.316. The van der Waals surface area contributed by atoms with Crippen LogP contribution in [0.2, 0.25) is 0 Å². The van der Waals surface area contributed by atoms with Crippen LogP contribution in [-0.4, -0.2) is 51.9 Å². The van der Waals surface area contributed by atoms with E-state index in [0.717, 1.165) is 31.6 Å². The summed E-state index contributed by atoms with van der Waals surface area (Å²) in [5, 5.41) is 28.2. The first kappa shape index (κ1) is 19.4. The predicted molar refractivity (Wildman–Crippen MR) is 103 cm³/mol. The van der Waals surface area contributed by atoms with E-state index in [9.17, 15) is 29.7 Å². The molecule has 1 aliphatic rings. The topological polar surface area (TPSA) is 157 Å². The number of hydrogen-bond donors (Lipinski definition) is 5. The zero-order valence-corrected chi connectivity index (χ0v) is 15.0. The quantitative estimate of drug-likeness (QED) is 0.513. The van der Waals surface area contributed by atoms with E-state index in [1.54, 1.807) is 24.3 Å². The lowest BCUT2D eigenvalue weighted by Gasteiger charge is -2.33. The van der Waals surface area contributed by atoms with E-state index in [1.165, 1.54) is 0 Å². The number of aliphatic hydroxyl groups is 1. The summed E-state index contributed by atoms with van der Waals surface area (Å²) in [4.78, 5) is 39.6. The molecule has 9 heteroatoms. The molecule has 0 bridgehead atoms. The Balaban J connectivity index is 2.03. The van der Waals surface area contributed by atoms with Gasteiger partial charge >= 0.3 is 11.9 Å². The molecule has 28 heavy (non-hydrogen) atoms. The molecule has 0 atom stereocenters. The van der Waals surface area contributed by atoms with Crippen LogP contribution >= 0.6 is 0 Å². The largest absolute Gasteiger partial charge is 0.478 e. The van der Waals surface area contributed by atoms with Gasteiger partial charge in [0.25, 0.3) is 5.56 Å². The summed E-state index contributed by atoms with van der Waals surface area (Å²) in [5.41, 5.74) is 4.53. The standard InChI is InChI=1S/C19H21N3O6/c20-16-14(18(25)26)13(15(19(27)28)17(24)21-16)11-1-3-12(4-2-11)22-7-5-10(9-23)6-8-22/h1-4,10,23H,5-9H2,(H,25,26)(H,27,28)(H3,20,21,24). The van der Waals surface area contributed by atoms with E-state index in [4.69, 9.17) is 5.73 Å². The van der Waals surface area contributed by atoms with Crippen LogP contribution in [0.1, 0.15) is 33.6 Å². The number of H-pyrrole nitrogens is 1. The van der Waals surface area contributed by atoms with E-state index in [0.29, 0.717) is 5.92 Å². The second-order valence-electron chi connectivity index (χ2n) is 6.76. The Labute approximate surface area is 160 Å². The van der Waals surface area contributed by atoms with Crippen LogP contribution in [0.15, 0.2) is 29.1 Å². The first-order valence-corrected chi connectivity index (χ1v) is 8.82. The number of piperidine rings is 1. The van der Waals surface area contributed by atoms with Crippen LogP contribution in [0, 0.1) is 5.92 Å². The van der Waals surface area contributed by atoms with Crippen LogP contribution in [-0.2, 0) is 0 Å². The van der Waals surface area contributed by atoms with Crippen molar-refractivity contribution in [2.24, 2.45) is 5.92 Å². The zero-order chi connectivity index (χ0) is 20.4. The molecule has 0 aliphatic carbocycles. The fourth-order valence-electron chi connectivity index (χ4n) is 3.55. The van der Waals surface area contributed by atoms with Crippen molar-refractivity contribution in [1.82, 2.24) is 4.98 Å². The molecule has 0 unspecified atom stereocenters. The Kier molecular flexibility index (Phi) is 5.36. The van der Waals surface area contributed by atoms with Gasteiger partial charge in [-0.1, -0.05) is 12.1 Å². The van der Waals surface area contributed by atoms with Gasteiger partial charge in [-0.15, -0.1) is 0 Å². The number of nitrogens with two attached hydrogens (primary N) is 1. The summed E-state index contributed by atoms with van der Waals surface area (Å²) in [6.45, 7) is 1.74. The summed E-state index contributed by atoms with van der Waals surface area (Å²) in [5.74, 6) is -3.06.